The van der Waals surface area contributed by atoms with Crippen molar-refractivity contribution in [3.05, 3.63) is 71.1 Å². The van der Waals surface area contributed by atoms with E-state index in [4.69, 9.17) is 9.40 Å². The molecule has 0 radical (unpaired) electrons. The van der Waals surface area contributed by atoms with Crippen molar-refractivity contribution < 1.29 is 9.21 Å². The first-order valence-electron chi connectivity index (χ1n) is 10.4. The van der Waals surface area contributed by atoms with Gasteiger partial charge < -0.3 is 4.42 Å². The Balaban J connectivity index is 1.55. The monoisotopic (exact) mass is 479 g/mol. The molecule has 0 aliphatic carbocycles. The number of amides is 1. The fraction of sp³-hybridized carbons (Fsp3) is 0.250. The number of aromatic nitrogens is 4. The molecule has 1 aromatic carbocycles. The van der Waals surface area contributed by atoms with Gasteiger partial charge in [-0.15, -0.1) is 28.1 Å². The Morgan fingerprint density at radius 1 is 1.24 bits per heavy atom. The molecule has 0 unspecified atom stereocenters. The molecule has 7 nitrogen and oxygen atoms in total. The number of carbonyl (C=O) groups excluding carboxylic acids is 1. The Morgan fingerprint density at radius 3 is 2.73 bits per heavy atom. The van der Waals surface area contributed by atoms with Crippen molar-refractivity contribution in [3.8, 4) is 11.4 Å². The Hall–Kier alpha value is -3.17. The number of nitrogens with zero attached hydrogens (tertiary/aromatic N) is 5. The number of hydrogen-bond acceptors (Lipinski definition) is 7. The maximum Gasteiger partial charge on any atom is 0.230 e. The molecule has 0 fully saturated rings. The van der Waals surface area contributed by atoms with Gasteiger partial charge in [0.1, 0.15) is 5.76 Å². The molecule has 0 N–H and O–H groups in total. The molecule has 0 aliphatic heterocycles. The summed E-state index contributed by atoms with van der Waals surface area (Å²) >= 11 is 3.00. The fourth-order valence-electron chi connectivity index (χ4n) is 3.40. The van der Waals surface area contributed by atoms with Crippen molar-refractivity contribution in [3.63, 3.8) is 0 Å². The fourth-order valence-corrected chi connectivity index (χ4v) is 5.23. The highest BCUT2D eigenvalue weighted by Gasteiger charge is 2.20. The first-order chi connectivity index (χ1) is 15.9. The number of aryl methyl sites for hydroxylation is 3. The Labute approximate surface area is 201 Å². The van der Waals surface area contributed by atoms with Gasteiger partial charge in [-0.3, -0.25) is 14.3 Å². The van der Waals surface area contributed by atoms with Crippen molar-refractivity contribution in [2.75, 3.05) is 4.90 Å². The largest absolute Gasteiger partial charge is 0.469 e. The molecule has 4 aromatic rings. The van der Waals surface area contributed by atoms with Crippen LogP contribution in [0.4, 0.5) is 10.8 Å². The van der Waals surface area contributed by atoms with Gasteiger partial charge in [-0.2, -0.15) is 0 Å². The summed E-state index contributed by atoms with van der Waals surface area (Å²) in [6.45, 7) is 12.0. The molecule has 3 aromatic heterocycles. The molecule has 33 heavy (non-hydrogen) atoms. The lowest BCUT2D eigenvalue weighted by atomic mass is 10.1. The molecule has 0 saturated heterocycles. The van der Waals surface area contributed by atoms with Crippen LogP contribution in [0.25, 0.3) is 11.4 Å². The zero-order valence-corrected chi connectivity index (χ0v) is 20.7. The van der Waals surface area contributed by atoms with Crippen LogP contribution in [0.2, 0.25) is 0 Å². The van der Waals surface area contributed by atoms with Crippen molar-refractivity contribution >= 4 is 39.8 Å². The summed E-state index contributed by atoms with van der Waals surface area (Å²) in [4.78, 5) is 18.8. The van der Waals surface area contributed by atoms with Gasteiger partial charge in [0.15, 0.2) is 16.1 Å². The molecule has 9 heteroatoms. The van der Waals surface area contributed by atoms with Crippen LogP contribution in [0.15, 0.2) is 58.1 Å². The van der Waals surface area contributed by atoms with Gasteiger partial charge in [0.05, 0.1) is 23.2 Å². The third-order valence-corrected chi connectivity index (χ3v) is 7.15. The van der Waals surface area contributed by atoms with E-state index >= 15 is 0 Å². The lowest BCUT2D eigenvalue weighted by Crippen LogP contribution is -2.22. The second-order valence-electron chi connectivity index (χ2n) is 7.63. The van der Waals surface area contributed by atoms with Crippen LogP contribution in [-0.4, -0.2) is 25.7 Å². The summed E-state index contributed by atoms with van der Waals surface area (Å²) in [5.74, 6) is 2.08. The summed E-state index contributed by atoms with van der Waals surface area (Å²) in [5, 5.41) is 12.2. The number of carbonyl (C=O) groups is 1. The first kappa shape index (κ1) is 23.0. The van der Waals surface area contributed by atoms with Crippen LogP contribution in [-0.2, 0) is 17.1 Å². The predicted octanol–water partition coefficient (Wildman–Crippen LogP) is 6.08. The van der Waals surface area contributed by atoms with Crippen LogP contribution < -0.4 is 4.90 Å². The highest BCUT2D eigenvalue weighted by molar-refractivity contribution is 7.98. The van der Waals surface area contributed by atoms with Crippen molar-refractivity contribution in [2.45, 2.75) is 45.1 Å². The topological polar surface area (TPSA) is 77.1 Å². The van der Waals surface area contributed by atoms with Crippen molar-refractivity contribution in [1.29, 1.82) is 0 Å². The van der Waals surface area contributed by atoms with E-state index in [1.165, 1.54) is 16.9 Å². The normalized spacial score (nSPS) is 11.0. The average molecular weight is 480 g/mol. The highest BCUT2D eigenvalue weighted by atomic mass is 32.2. The van der Waals surface area contributed by atoms with Crippen molar-refractivity contribution in [2.24, 2.45) is 0 Å². The Morgan fingerprint density at radius 2 is 2.06 bits per heavy atom. The molecular weight excluding hydrogens is 454 g/mol. The number of thioether (sulfide) groups is 1. The molecule has 0 saturated carbocycles. The number of benzene rings is 1. The van der Waals surface area contributed by atoms with E-state index in [0.29, 0.717) is 17.4 Å². The lowest BCUT2D eigenvalue weighted by molar-refractivity contribution is -0.115. The molecule has 1 amide bonds. The third-order valence-electron chi connectivity index (χ3n) is 5.27. The SMILES string of the molecule is C=CCn1c(SCc2csc(N(C(C)=O)c3ccc(C)c(C)c3)n2)nnc1-c1ccoc1C. The van der Waals surface area contributed by atoms with Gasteiger partial charge in [0, 0.05) is 24.6 Å². The lowest BCUT2D eigenvalue weighted by Gasteiger charge is -2.19. The molecule has 0 aliphatic rings. The molecule has 4 rings (SSSR count). The van der Waals surface area contributed by atoms with Crippen LogP contribution in [0.1, 0.15) is 29.5 Å². The molecule has 170 valence electrons. The molecule has 3 heterocycles. The van der Waals surface area contributed by atoms with Gasteiger partial charge in [-0.1, -0.05) is 23.9 Å². The highest BCUT2D eigenvalue weighted by Crippen LogP contribution is 2.33. The van der Waals surface area contributed by atoms with Crippen LogP contribution in [0.3, 0.4) is 0 Å². The van der Waals surface area contributed by atoms with E-state index in [1.807, 2.05) is 54.1 Å². The van der Waals surface area contributed by atoms with Crippen LogP contribution in [0, 0.1) is 20.8 Å². The Bertz CT molecular complexity index is 1300. The number of anilines is 2. The van der Waals surface area contributed by atoms with E-state index in [-0.39, 0.29) is 5.91 Å². The molecule has 0 bridgehead atoms. The van der Waals surface area contributed by atoms with E-state index in [1.54, 1.807) is 29.8 Å². The first-order valence-corrected chi connectivity index (χ1v) is 12.3. The zero-order valence-electron chi connectivity index (χ0n) is 19.0. The maximum atomic E-state index is 12.4. The maximum absolute atomic E-state index is 12.4. The van der Waals surface area contributed by atoms with Gasteiger partial charge in [0.25, 0.3) is 0 Å². The number of thiazole rings is 1. The van der Waals surface area contributed by atoms with E-state index in [0.717, 1.165) is 39.2 Å². The van der Waals surface area contributed by atoms with E-state index in [2.05, 4.69) is 23.7 Å². The number of hydrogen-bond donors (Lipinski definition) is 0. The number of rotatable bonds is 8. The van der Waals surface area contributed by atoms with Crippen LogP contribution in [0.5, 0.6) is 0 Å². The predicted molar refractivity (Wildman–Crippen MR) is 133 cm³/mol. The minimum Gasteiger partial charge on any atom is -0.469 e. The summed E-state index contributed by atoms with van der Waals surface area (Å²) in [6, 6.07) is 7.89. The molecule has 0 atom stereocenters. The summed E-state index contributed by atoms with van der Waals surface area (Å²) in [5.41, 5.74) is 4.94. The van der Waals surface area contributed by atoms with Gasteiger partial charge in [-0.25, -0.2) is 4.98 Å². The average Bonchev–Trinajstić information content (AvgIpc) is 3.50. The number of furan rings is 1. The molecular formula is C24H25N5O2S2. The van der Waals surface area contributed by atoms with Gasteiger partial charge >= 0.3 is 0 Å². The van der Waals surface area contributed by atoms with Crippen molar-refractivity contribution in [1.82, 2.24) is 19.7 Å². The second kappa shape index (κ2) is 9.76. The standard InChI is InChI=1S/C24H25N5O2S2/c1-6-10-28-22(21-9-11-31-17(21)4)26-27-24(28)33-14-19-13-32-23(25-19)29(18(5)30)20-8-7-15(2)16(3)12-20/h6-9,11-13H,1,10,14H2,2-5H3. The van der Waals surface area contributed by atoms with Gasteiger partial charge in [-0.05, 0) is 50.1 Å². The minimum absolute atomic E-state index is 0.0716. The second-order valence-corrected chi connectivity index (χ2v) is 9.41. The minimum atomic E-state index is -0.0716. The van der Waals surface area contributed by atoms with E-state index in [9.17, 15) is 4.79 Å². The Kier molecular flexibility index (Phi) is 6.80. The zero-order chi connectivity index (χ0) is 23.5. The summed E-state index contributed by atoms with van der Waals surface area (Å²) < 4.78 is 7.44. The number of allylic oxidation sites excluding steroid dienone is 1. The smallest absolute Gasteiger partial charge is 0.230 e. The summed E-state index contributed by atoms with van der Waals surface area (Å²) in [7, 11) is 0. The summed E-state index contributed by atoms with van der Waals surface area (Å²) in [6.07, 6.45) is 3.47. The van der Waals surface area contributed by atoms with Gasteiger partial charge in [0.2, 0.25) is 5.91 Å². The quantitative estimate of drug-likeness (QED) is 0.225. The van der Waals surface area contributed by atoms with E-state index < -0.39 is 0 Å². The van der Waals surface area contributed by atoms with Crippen LogP contribution >= 0.6 is 23.1 Å². The molecule has 0 spiro atoms. The third kappa shape index (κ3) is 4.79.